The predicted molar refractivity (Wildman–Crippen MR) is 89.2 cm³/mol. The molecule has 1 aromatic rings. The van der Waals surface area contributed by atoms with Crippen LogP contribution in [0.2, 0.25) is 0 Å². The maximum Gasteiger partial charge on any atom is 0.185 e. The minimum atomic E-state index is 0.570. The predicted octanol–water partition coefficient (Wildman–Crippen LogP) is 2.65. The summed E-state index contributed by atoms with van der Waals surface area (Å²) in [7, 11) is 5.55. The van der Waals surface area contributed by atoms with Gasteiger partial charge in [-0.15, -0.1) is 11.3 Å². The Balaban J connectivity index is 2.59. The fourth-order valence-electron chi connectivity index (χ4n) is 1.99. The Bertz CT molecular complexity index is 385. The summed E-state index contributed by atoms with van der Waals surface area (Å²) in [6.07, 6.45) is 3.73. The average molecular weight is 315 g/mol. The SMILES string of the molecule is CCCCCN(C)c1nc(COC)c(CNCCOC)s1. The summed E-state index contributed by atoms with van der Waals surface area (Å²) in [5, 5.41) is 4.46. The van der Waals surface area contributed by atoms with Crippen LogP contribution in [-0.2, 0) is 22.6 Å². The lowest BCUT2D eigenvalue weighted by Crippen LogP contribution is -2.18. The molecule has 1 heterocycles. The number of nitrogens with one attached hydrogen (secondary N) is 1. The zero-order valence-corrected chi connectivity index (χ0v) is 14.6. The highest BCUT2D eigenvalue weighted by molar-refractivity contribution is 7.15. The minimum Gasteiger partial charge on any atom is -0.383 e. The number of anilines is 1. The molecular weight excluding hydrogens is 286 g/mol. The van der Waals surface area contributed by atoms with E-state index >= 15 is 0 Å². The molecule has 0 atom stereocenters. The van der Waals surface area contributed by atoms with Crippen molar-refractivity contribution in [3.63, 3.8) is 0 Å². The third-order valence-corrected chi connectivity index (χ3v) is 4.45. The molecule has 0 spiro atoms. The van der Waals surface area contributed by atoms with Crippen molar-refractivity contribution in [1.82, 2.24) is 10.3 Å². The topological polar surface area (TPSA) is 46.6 Å². The quantitative estimate of drug-likeness (QED) is 0.601. The number of aromatic nitrogens is 1. The summed E-state index contributed by atoms with van der Waals surface area (Å²) in [5.41, 5.74) is 1.05. The summed E-state index contributed by atoms with van der Waals surface area (Å²) in [5.74, 6) is 0. The number of hydrogen-bond donors (Lipinski definition) is 1. The zero-order valence-electron chi connectivity index (χ0n) is 13.8. The molecule has 0 amide bonds. The van der Waals surface area contributed by atoms with E-state index in [1.807, 2.05) is 0 Å². The van der Waals surface area contributed by atoms with Crippen LogP contribution in [0, 0.1) is 0 Å². The lowest BCUT2D eigenvalue weighted by atomic mass is 10.2. The van der Waals surface area contributed by atoms with E-state index in [-0.39, 0.29) is 0 Å². The molecule has 0 aromatic carbocycles. The molecule has 21 heavy (non-hydrogen) atoms. The van der Waals surface area contributed by atoms with Gasteiger partial charge in [-0.25, -0.2) is 4.98 Å². The Morgan fingerprint density at radius 2 is 2.05 bits per heavy atom. The highest BCUT2D eigenvalue weighted by atomic mass is 32.1. The van der Waals surface area contributed by atoms with E-state index in [1.165, 1.54) is 24.1 Å². The molecule has 0 aliphatic carbocycles. The smallest absolute Gasteiger partial charge is 0.185 e. The molecule has 0 saturated heterocycles. The van der Waals surface area contributed by atoms with Gasteiger partial charge in [-0.05, 0) is 6.42 Å². The van der Waals surface area contributed by atoms with Crippen LogP contribution >= 0.6 is 11.3 Å². The van der Waals surface area contributed by atoms with Gasteiger partial charge in [0.25, 0.3) is 0 Å². The van der Waals surface area contributed by atoms with Gasteiger partial charge in [0, 0.05) is 45.8 Å². The summed E-state index contributed by atoms with van der Waals surface area (Å²) in [6, 6.07) is 0. The highest BCUT2D eigenvalue weighted by Crippen LogP contribution is 2.26. The van der Waals surface area contributed by atoms with Crippen molar-refractivity contribution in [3.05, 3.63) is 10.6 Å². The Labute approximate surface area is 132 Å². The van der Waals surface area contributed by atoms with Crippen molar-refractivity contribution in [2.45, 2.75) is 39.3 Å². The van der Waals surface area contributed by atoms with Crippen LogP contribution < -0.4 is 10.2 Å². The summed E-state index contributed by atoms with van der Waals surface area (Å²) in [4.78, 5) is 8.23. The number of thiazole rings is 1. The number of methoxy groups -OCH3 is 2. The van der Waals surface area contributed by atoms with Gasteiger partial charge in [0.15, 0.2) is 5.13 Å². The van der Waals surface area contributed by atoms with Gasteiger partial charge in [0.2, 0.25) is 0 Å². The van der Waals surface area contributed by atoms with Gasteiger partial charge in [-0.2, -0.15) is 0 Å². The van der Waals surface area contributed by atoms with Crippen molar-refractivity contribution in [2.75, 3.05) is 45.9 Å². The first kappa shape index (κ1) is 18.4. The zero-order chi connectivity index (χ0) is 15.5. The molecule has 6 heteroatoms. The molecule has 122 valence electrons. The van der Waals surface area contributed by atoms with Crippen LogP contribution in [0.4, 0.5) is 5.13 Å². The fourth-order valence-corrected chi connectivity index (χ4v) is 3.01. The summed E-state index contributed by atoms with van der Waals surface area (Å²) >= 11 is 1.76. The second-order valence-electron chi connectivity index (χ2n) is 5.10. The third-order valence-electron chi connectivity index (χ3n) is 3.24. The highest BCUT2D eigenvalue weighted by Gasteiger charge is 2.13. The summed E-state index contributed by atoms with van der Waals surface area (Å²) in [6.45, 7) is 6.25. The lowest BCUT2D eigenvalue weighted by molar-refractivity contribution is 0.181. The van der Waals surface area contributed by atoms with Crippen molar-refractivity contribution in [3.8, 4) is 0 Å². The molecule has 0 bridgehead atoms. The van der Waals surface area contributed by atoms with Crippen LogP contribution in [0.1, 0.15) is 36.8 Å². The molecule has 0 unspecified atom stereocenters. The van der Waals surface area contributed by atoms with Gasteiger partial charge in [-0.1, -0.05) is 19.8 Å². The summed E-state index contributed by atoms with van der Waals surface area (Å²) < 4.78 is 10.3. The Morgan fingerprint density at radius 3 is 2.71 bits per heavy atom. The minimum absolute atomic E-state index is 0.570. The Morgan fingerprint density at radius 1 is 1.24 bits per heavy atom. The first-order chi connectivity index (χ1) is 10.2. The van der Waals surface area contributed by atoms with Crippen molar-refractivity contribution in [2.24, 2.45) is 0 Å². The van der Waals surface area contributed by atoms with Gasteiger partial charge >= 0.3 is 0 Å². The van der Waals surface area contributed by atoms with Gasteiger partial charge < -0.3 is 19.7 Å². The van der Waals surface area contributed by atoms with E-state index in [1.54, 1.807) is 25.6 Å². The van der Waals surface area contributed by atoms with Crippen molar-refractivity contribution in [1.29, 1.82) is 0 Å². The largest absolute Gasteiger partial charge is 0.383 e. The van der Waals surface area contributed by atoms with Gasteiger partial charge in [-0.3, -0.25) is 0 Å². The molecule has 1 rings (SSSR count). The molecular formula is C15H29N3O2S. The van der Waals surface area contributed by atoms with Crippen LogP contribution in [0.5, 0.6) is 0 Å². The molecule has 0 aliphatic rings. The first-order valence-electron chi connectivity index (χ1n) is 7.61. The van der Waals surface area contributed by atoms with E-state index in [0.29, 0.717) is 6.61 Å². The molecule has 0 radical (unpaired) electrons. The molecule has 0 saturated carbocycles. The van der Waals surface area contributed by atoms with Gasteiger partial charge in [0.05, 0.1) is 18.9 Å². The number of rotatable bonds is 12. The Hall–Kier alpha value is -0.690. The number of ether oxygens (including phenoxy) is 2. The molecule has 1 N–H and O–H groups in total. The standard InChI is InChI=1S/C15H29N3O2S/c1-5-6-7-9-18(2)15-17-13(12-20-4)14(21-15)11-16-8-10-19-3/h16H,5-12H2,1-4H3. The maximum absolute atomic E-state index is 5.26. The average Bonchev–Trinajstić information content (AvgIpc) is 2.87. The van der Waals surface area contributed by atoms with Crippen LogP contribution in [-0.4, -0.2) is 45.9 Å². The molecule has 0 aliphatic heterocycles. The van der Waals surface area contributed by atoms with E-state index in [9.17, 15) is 0 Å². The third kappa shape index (κ3) is 6.74. The van der Waals surface area contributed by atoms with Gasteiger partial charge in [0.1, 0.15) is 0 Å². The first-order valence-corrected chi connectivity index (χ1v) is 8.42. The monoisotopic (exact) mass is 315 g/mol. The fraction of sp³-hybridized carbons (Fsp3) is 0.800. The molecule has 0 fully saturated rings. The number of nitrogens with zero attached hydrogens (tertiary/aromatic N) is 2. The van der Waals surface area contributed by atoms with Crippen LogP contribution in [0.15, 0.2) is 0 Å². The lowest BCUT2D eigenvalue weighted by Gasteiger charge is -2.14. The second-order valence-corrected chi connectivity index (χ2v) is 6.16. The number of unbranched alkanes of at least 4 members (excludes halogenated alkanes) is 2. The van der Waals surface area contributed by atoms with E-state index < -0.39 is 0 Å². The Kier molecular flexibility index (Phi) is 9.58. The van der Waals surface area contributed by atoms with E-state index in [2.05, 4.69) is 24.2 Å². The maximum atomic E-state index is 5.26. The molecule has 5 nitrogen and oxygen atoms in total. The van der Waals surface area contributed by atoms with E-state index in [0.717, 1.165) is 37.1 Å². The van der Waals surface area contributed by atoms with Crippen molar-refractivity contribution < 1.29 is 9.47 Å². The second kappa shape index (κ2) is 11.0. The van der Waals surface area contributed by atoms with Crippen LogP contribution in [0.3, 0.4) is 0 Å². The van der Waals surface area contributed by atoms with Crippen molar-refractivity contribution >= 4 is 16.5 Å². The number of hydrogen-bond acceptors (Lipinski definition) is 6. The van der Waals surface area contributed by atoms with E-state index in [4.69, 9.17) is 14.5 Å². The normalized spacial score (nSPS) is 11.0. The molecule has 1 aromatic heterocycles. The van der Waals surface area contributed by atoms with Crippen LogP contribution in [0.25, 0.3) is 0 Å².